The lowest BCUT2D eigenvalue weighted by Gasteiger charge is -2.00. The molecule has 0 unspecified atom stereocenters. The van der Waals surface area contributed by atoms with Gasteiger partial charge in [-0.25, -0.2) is 4.39 Å². The molecule has 3 nitrogen and oxygen atoms in total. The average Bonchev–Trinajstić information content (AvgIpc) is 2.48. The number of hydrogen-bond acceptors (Lipinski definition) is 1. The molecular weight excluding hydrogens is 221 g/mol. The second-order valence-electron chi connectivity index (χ2n) is 3.20. The van der Waals surface area contributed by atoms with Gasteiger partial charge in [0.05, 0.1) is 11.4 Å². The number of carboxylic acids is 1. The summed E-state index contributed by atoms with van der Waals surface area (Å²) in [5.41, 5.74) is 0.697. The number of nitrogens with one attached hydrogen (secondary N) is 1. The van der Waals surface area contributed by atoms with Gasteiger partial charge in [-0.3, -0.25) is 4.79 Å². The molecule has 0 aliphatic rings. The van der Waals surface area contributed by atoms with Crippen molar-refractivity contribution in [3.8, 4) is 0 Å². The molecule has 0 fully saturated rings. The van der Waals surface area contributed by atoms with Crippen LogP contribution in [0, 0.1) is 5.82 Å². The summed E-state index contributed by atoms with van der Waals surface area (Å²) in [6, 6.07) is 2.71. The van der Waals surface area contributed by atoms with Gasteiger partial charge in [0.25, 0.3) is 0 Å². The van der Waals surface area contributed by atoms with Crippen molar-refractivity contribution in [3.63, 3.8) is 0 Å². The van der Waals surface area contributed by atoms with E-state index in [0.717, 1.165) is 0 Å². The Labute approximate surface area is 89.5 Å². The van der Waals surface area contributed by atoms with Crippen LogP contribution < -0.4 is 0 Å². The normalized spacial score (nSPS) is 10.8. The molecule has 0 spiro atoms. The Hall–Kier alpha value is -1.55. The van der Waals surface area contributed by atoms with Crippen LogP contribution in [0.2, 0.25) is 5.02 Å². The number of fused-ring (bicyclic) bond motifs is 1. The monoisotopic (exact) mass is 227 g/mol. The van der Waals surface area contributed by atoms with E-state index >= 15 is 0 Å². The molecule has 0 radical (unpaired) electrons. The molecule has 1 aromatic carbocycles. The molecular formula is C10H7ClFNO2. The minimum Gasteiger partial charge on any atom is -0.481 e. The van der Waals surface area contributed by atoms with Crippen LogP contribution in [0.1, 0.15) is 5.56 Å². The predicted octanol–water partition coefficient (Wildman–Crippen LogP) is 2.59. The van der Waals surface area contributed by atoms with Crippen molar-refractivity contribution in [1.82, 2.24) is 4.98 Å². The van der Waals surface area contributed by atoms with Crippen molar-refractivity contribution >= 4 is 28.5 Å². The van der Waals surface area contributed by atoms with Crippen LogP contribution in [-0.2, 0) is 11.2 Å². The number of rotatable bonds is 2. The first-order chi connectivity index (χ1) is 7.08. The third-order valence-corrected chi connectivity index (χ3v) is 2.45. The highest BCUT2D eigenvalue weighted by atomic mass is 35.5. The largest absolute Gasteiger partial charge is 0.481 e. The van der Waals surface area contributed by atoms with Gasteiger partial charge in [0.1, 0.15) is 5.82 Å². The molecule has 15 heavy (non-hydrogen) atoms. The van der Waals surface area contributed by atoms with Crippen LogP contribution in [0.4, 0.5) is 4.39 Å². The molecule has 0 saturated carbocycles. The van der Waals surface area contributed by atoms with Crippen molar-refractivity contribution in [2.45, 2.75) is 6.42 Å². The van der Waals surface area contributed by atoms with Gasteiger partial charge in [-0.15, -0.1) is 0 Å². The van der Waals surface area contributed by atoms with Crippen LogP contribution in [0.3, 0.4) is 0 Å². The number of aromatic nitrogens is 1. The maximum Gasteiger partial charge on any atom is 0.307 e. The number of H-pyrrole nitrogens is 1. The third kappa shape index (κ3) is 1.80. The summed E-state index contributed by atoms with van der Waals surface area (Å²) >= 11 is 5.83. The molecule has 1 heterocycles. The van der Waals surface area contributed by atoms with Gasteiger partial charge in [0.2, 0.25) is 0 Å². The summed E-state index contributed by atoms with van der Waals surface area (Å²) < 4.78 is 13.4. The Kier molecular flexibility index (Phi) is 2.36. The smallest absolute Gasteiger partial charge is 0.307 e. The molecule has 0 bridgehead atoms. The lowest BCUT2D eigenvalue weighted by Crippen LogP contribution is -2.02. The molecule has 2 aromatic rings. The number of carbonyl (C=O) groups is 1. The molecule has 2 rings (SSSR count). The summed E-state index contributed by atoms with van der Waals surface area (Å²) in [7, 11) is 0. The van der Waals surface area contributed by atoms with Crippen LogP contribution in [-0.4, -0.2) is 16.1 Å². The number of hydrogen-bond donors (Lipinski definition) is 2. The first-order valence-electron chi connectivity index (χ1n) is 4.24. The molecule has 5 heteroatoms. The highest BCUT2D eigenvalue weighted by Gasteiger charge is 2.10. The lowest BCUT2D eigenvalue weighted by molar-refractivity contribution is -0.136. The van der Waals surface area contributed by atoms with Crippen LogP contribution >= 0.6 is 11.6 Å². The Bertz CT molecular complexity index is 535. The van der Waals surface area contributed by atoms with E-state index in [0.29, 0.717) is 15.9 Å². The summed E-state index contributed by atoms with van der Waals surface area (Å²) in [5, 5.41) is 9.66. The minimum atomic E-state index is -1.07. The maximum absolute atomic E-state index is 13.4. The molecule has 1 aromatic heterocycles. The van der Waals surface area contributed by atoms with Crippen molar-refractivity contribution in [1.29, 1.82) is 0 Å². The molecule has 0 aliphatic carbocycles. The predicted molar refractivity (Wildman–Crippen MR) is 54.6 cm³/mol. The highest BCUT2D eigenvalue weighted by Crippen LogP contribution is 2.25. The SMILES string of the molecule is O=C(O)Cc1cc2c(Cl)c[nH]c2cc1F. The topological polar surface area (TPSA) is 53.1 Å². The van der Waals surface area contributed by atoms with Crippen molar-refractivity contribution in [2.75, 3.05) is 0 Å². The summed E-state index contributed by atoms with van der Waals surface area (Å²) in [4.78, 5) is 13.3. The zero-order valence-corrected chi connectivity index (χ0v) is 8.31. The van der Waals surface area contributed by atoms with Crippen molar-refractivity contribution < 1.29 is 14.3 Å². The highest BCUT2D eigenvalue weighted by molar-refractivity contribution is 6.35. The van der Waals surface area contributed by atoms with Gasteiger partial charge >= 0.3 is 5.97 Å². The maximum atomic E-state index is 13.4. The fraction of sp³-hybridized carbons (Fsp3) is 0.100. The fourth-order valence-corrected chi connectivity index (χ4v) is 1.66. The molecule has 0 atom stereocenters. The summed E-state index contributed by atoms with van der Waals surface area (Å²) in [6.45, 7) is 0. The molecule has 0 aliphatic heterocycles. The third-order valence-electron chi connectivity index (χ3n) is 2.14. The number of halogens is 2. The van der Waals surface area contributed by atoms with Crippen molar-refractivity contribution in [3.05, 3.63) is 34.7 Å². The van der Waals surface area contributed by atoms with Gasteiger partial charge in [-0.2, -0.15) is 0 Å². The van der Waals surface area contributed by atoms with Gasteiger partial charge in [0.15, 0.2) is 0 Å². The van der Waals surface area contributed by atoms with E-state index in [2.05, 4.69) is 4.98 Å². The standard InChI is InChI=1S/C10H7ClFNO2/c11-7-4-13-9-3-8(12)5(1-6(7)9)2-10(14)15/h1,3-4,13H,2H2,(H,14,15). The van der Waals surface area contributed by atoms with E-state index in [4.69, 9.17) is 16.7 Å². The Morgan fingerprint density at radius 2 is 2.27 bits per heavy atom. The fourth-order valence-electron chi connectivity index (χ4n) is 1.45. The second-order valence-corrected chi connectivity index (χ2v) is 3.60. The van der Waals surface area contributed by atoms with Crippen LogP contribution in [0.25, 0.3) is 10.9 Å². The van der Waals surface area contributed by atoms with Crippen molar-refractivity contribution in [2.24, 2.45) is 0 Å². The minimum absolute atomic E-state index is 0.136. The van der Waals surface area contributed by atoms with E-state index in [1.807, 2.05) is 0 Å². The Balaban J connectivity index is 2.59. The lowest BCUT2D eigenvalue weighted by atomic mass is 10.1. The molecule has 2 N–H and O–H groups in total. The van der Waals surface area contributed by atoms with E-state index in [1.54, 1.807) is 0 Å². The molecule has 0 saturated heterocycles. The second kappa shape index (κ2) is 3.55. The van der Waals surface area contributed by atoms with Gasteiger partial charge in [-0.1, -0.05) is 11.6 Å². The van der Waals surface area contributed by atoms with E-state index in [9.17, 15) is 9.18 Å². The van der Waals surface area contributed by atoms with Crippen LogP contribution in [0.5, 0.6) is 0 Å². The molecule has 0 amide bonds. The van der Waals surface area contributed by atoms with Gasteiger partial charge < -0.3 is 10.1 Å². The number of aromatic amines is 1. The average molecular weight is 228 g/mol. The number of carboxylic acid groups (broad SMARTS) is 1. The van der Waals surface area contributed by atoms with Gasteiger partial charge in [0, 0.05) is 17.1 Å². The quantitative estimate of drug-likeness (QED) is 0.829. The number of benzene rings is 1. The van der Waals surface area contributed by atoms with Crippen LogP contribution in [0.15, 0.2) is 18.3 Å². The first kappa shape index (κ1) is 9.98. The first-order valence-corrected chi connectivity index (χ1v) is 4.62. The zero-order valence-electron chi connectivity index (χ0n) is 7.55. The molecule has 78 valence electrons. The van der Waals surface area contributed by atoms with E-state index in [-0.39, 0.29) is 12.0 Å². The summed E-state index contributed by atoms with van der Waals surface area (Å²) in [5.74, 6) is -1.61. The summed E-state index contributed by atoms with van der Waals surface area (Å²) in [6.07, 6.45) is 1.19. The number of aliphatic carboxylic acids is 1. The van der Waals surface area contributed by atoms with E-state index < -0.39 is 11.8 Å². The zero-order chi connectivity index (χ0) is 11.0. The Morgan fingerprint density at radius 1 is 1.53 bits per heavy atom. The van der Waals surface area contributed by atoms with E-state index in [1.165, 1.54) is 18.3 Å². The Morgan fingerprint density at radius 3 is 2.93 bits per heavy atom. The van der Waals surface area contributed by atoms with Gasteiger partial charge in [-0.05, 0) is 17.7 Å².